The Morgan fingerprint density at radius 3 is 2.82 bits per heavy atom. The Balaban J connectivity index is 1.43. The molecule has 4 nitrogen and oxygen atoms in total. The van der Waals surface area contributed by atoms with Crippen LogP contribution >= 0.6 is 0 Å². The molecule has 0 bridgehead atoms. The van der Waals surface area contributed by atoms with Crippen molar-refractivity contribution < 1.29 is 4.79 Å². The van der Waals surface area contributed by atoms with Crippen LogP contribution in [0.3, 0.4) is 0 Å². The first-order valence-corrected chi connectivity index (χ1v) is 10.1. The van der Waals surface area contributed by atoms with Gasteiger partial charge in [-0.2, -0.15) is 5.10 Å². The Morgan fingerprint density at radius 2 is 1.96 bits per heavy atom. The maximum Gasteiger partial charge on any atom is 0.183 e. The lowest BCUT2D eigenvalue weighted by atomic mass is 9.82. The Kier molecular flexibility index (Phi) is 5.68. The lowest BCUT2D eigenvalue weighted by molar-refractivity contribution is 0.0962. The highest BCUT2D eigenvalue weighted by Crippen LogP contribution is 2.27. The number of piperidine rings is 1. The van der Waals surface area contributed by atoms with Crippen molar-refractivity contribution in [2.45, 2.75) is 19.3 Å². The highest BCUT2D eigenvalue weighted by Gasteiger charge is 2.24. The number of hydrogen-bond donors (Lipinski definition) is 1. The fraction of sp³-hybridized carbons (Fsp3) is 0.333. The Morgan fingerprint density at radius 1 is 1.18 bits per heavy atom. The van der Waals surface area contributed by atoms with Crippen molar-refractivity contribution in [1.82, 2.24) is 15.1 Å². The summed E-state index contributed by atoms with van der Waals surface area (Å²) in [6.07, 6.45) is 7.10. The molecule has 2 atom stereocenters. The molecule has 2 heterocycles. The summed E-state index contributed by atoms with van der Waals surface area (Å²) in [6, 6.07) is 18.4. The molecule has 0 radical (unpaired) electrons. The number of aromatic nitrogens is 2. The fourth-order valence-corrected chi connectivity index (χ4v) is 4.17. The van der Waals surface area contributed by atoms with Gasteiger partial charge >= 0.3 is 0 Å². The molecule has 1 N–H and O–H groups in total. The molecule has 1 aromatic heterocycles. The number of nitrogens with zero attached hydrogens (tertiary/aromatic N) is 2. The zero-order valence-electron chi connectivity index (χ0n) is 16.3. The van der Waals surface area contributed by atoms with Gasteiger partial charge < -0.3 is 5.32 Å². The first kappa shape index (κ1) is 18.6. The maximum atomic E-state index is 12.9. The molecule has 1 fully saturated rings. The van der Waals surface area contributed by atoms with E-state index in [1.165, 1.54) is 5.56 Å². The third-order valence-electron chi connectivity index (χ3n) is 5.78. The summed E-state index contributed by atoms with van der Waals surface area (Å²) in [5.41, 5.74) is 2.85. The molecule has 4 heteroatoms. The molecule has 1 aliphatic heterocycles. The van der Waals surface area contributed by atoms with Gasteiger partial charge in [0.2, 0.25) is 0 Å². The van der Waals surface area contributed by atoms with Crippen LogP contribution < -0.4 is 5.32 Å². The highest BCUT2D eigenvalue weighted by atomic mass is 16.1. The van der Waals surface area contributed by atoms with E-state index in [2.05, 4.69) is 46.8 Å². The number of rotatable bonds is 6. The van der Waals surface area contributed by atoms with E-state index in [1.54, 1.807) is 4.68 Å². The molecular formula is C24H27N3O. The monoisotopic (exact) mass is 373 g/mol. The van der Waals surface area contributed by atoms with Gasteiger partial charge in [-0.05, 0) is 42.9 Å². The minimum Gasteiger partial charge on any atom is -0.316 e. The lowest BCUT2D eigenvalue weighted by Crippen LogP contribution is -2.35. The summed E-state index contributed by atoms with van der Waals surface area (Å²) >= 11 is 0. The fourth-order valence-electron chi connectivity index (χ4n) is 4.17. The number of carbonyl (C=O) groups is 1. The summed E-state index contributed by atoms with van der Waals surface area (Å²) in [4.78, 5) is 12.9. The number of aryl methyl sites for hydroxylation is 1. The van der Waals surface area contributed by atoms with Gasteiger partial charge in [0.15, 0.2) is 5.78 Å². The van der Waals surface area contributed by atoms with Crippen molar-refractivity contribution in [3.63, 3.8) is 0 Å². The number of nitrogens with one attached hydrogen (secondary N) is 1. The minimum absolute atomic E-state index is 0.154. The van der Waals surface area contributed by atoms with E-state index in [1.807, 2.05) is 37.4 Å². The van der Waals surface area contributed by atoms with Crippen molar-refractivity contribution in [2.24, 2.45) is 18.9 Å². The first-order chi connectivity index (χ1) is 13.7. The topological polar surface area (TPSA) is 46.9 Å². The van der Waals surface area contributed by atoms with Gasteiger partial charge in [-0.1, -0.05) is 60.7 Å². The predicted molar refractivity (Wildman–Crippen MR) is 114 cm³/mol. The smallest absolute Gasteiger partial charge is 0.183 e. The van der Waals surface area contributed by atoms with Crippen molar-refractivity contribution in [3.8, 4) is 0 Å². The van der Waals surface area contributed by atoms with Gasteiger partial charge in [0.25, 0.3) is 0 Å². The van der Waals surface area contributed by atoms with E-state index in [0.29, 0.717) is 24.0 Å². The number of hydrogen-bond acceptors (Lipinski definition) is 3. The summed E-state index contributed by atoms with van der Waals surface area (Å²) in [5.74, 6) is 1.14. The van der Waals surface area contributed by atoms with Crippen LogP contribution in [0.1, 0.15) is 35.3 Å². The van der Waals surface area contributed by atoms with Crippen molar-refractivity contribution in [3.05, 3.63) is 71.9 Å². The van der Waals surface area contributed by atoms with Crippen molar-refractivity contribution >= 4 is 22.8 Å². The van der Waals surface area contributed by atoms with Gasteiger partial charge in [0.05, 0.1) is 5.52 Å². The Hall–Kier alpha value is -2.72. The molecule has 0 amide bonds. The van der Waals surface area contributed by atoms with Crippen LogP contribution in [0, 0.1) is 11.8 Å². The highest BCUT2D eigenvalue weighted by molar-refractivity contribution is 6.05. The number of fused-ring (bicyclic) bond motifs is 1. The molecule has 28 heavy (non-hydrogen) atoms. The number of ketones is 1. The molecule has 3 aromatic rings. The normalized spacial score (nSPS) is 20.0. The molecule has 2 unspecified atom stereocenters. The van der Waals surface area contributed by atoms with Crippen molar-refractivity contribution in [2.75, 3.05) is 13.1 Å². The van der Waals surface area contributed by atoms with Gasteiger partial charge in [-0.25, -0.2) is 0 Å². The second-order valence-electron chi connectivity index (χ2n) is 7.64. The predicted octanol–water partition coefficient (Wildman–Crippen LogP) is 4.48. The molecule has 1 saturated heterocycles. The minimum atomic E-state index is 0.154. The van der Waals surface area contributed by atoms with Gasteiger partial charge in [-0.3, -0.25) is 9.48 Å². The summed E-state index contributed by atoms with van der Waals surface area (Å²) in [5, 5.41) is 8.94. The molecule has 1 aliphatic rings. The molecule has 2 aromatic carbocycles. The van der Waals surface area contributed by atoms with E-state index in [-0.39, 0.29) is 5.78 Å². The second kappa shape index (κ2) is 8.53. The quantitative estimate of drug-likeness (QED) is 0.648. The standard InChI is InChI=1S/C24H27N3O/c1-27-22-10-6-5-9-21(22)24(26-27)23(28)14-13-19-15-16-25-17-20(19)12-11-18-7-3-2-4-8-18/h2-12,19-20,25H,13-17H2,1H3. The molecule has 0 spiro atoms. The summed E-state index contributed by atoms with van der Waals surface area (Å²) < 4.78 is 1.80. The van der Waals surface area contributed by atoms with E-state index in [0.717, 1.165) is 36.8 Å². The number of carbonyl (C=O) groups excluding carboxylic acids is 1. The van der Waals surface area contributed by atoms with Crippen LogP contribution in [0.15, 0.2) is 60.7 Å². The number of para-hydroxylation sites is 1. The zero-order chi connectivity index (χ0) is 19.3. The summed E-state index contributed by atoms with van der Waals surface area (Å²) in [7, 11) is 1.90. The molecule has 0 aliphatic carbocycles. The lowest BCUT2D eigenvalue weighted by Gasteiger charge is -2.30. The second-order valence-corrected chi connectivity index (χ2v) is 7.64. The number of benzene rings is 2. The molecule has 4 rings (SSSR count). The van der Waals surface area contributed by atoms with E-state index in [9.17, 15) is 4.79 Å². The third kappa shape index (κ3) is 4.07. The maximum absolute atomic E-state index is 12.9. The number of Topliss-reactive ketones (excluding diaryl/α,β-unsaturated/α-hetero) is 1. The molecule has 0 saturated carbocycles. The average Bonchev–Trinajstić information content (AvgIpc) is 3.09. The van der Waals surface area contributed by atoms with Crippen LogP contribution in [0.4, 0.5) is 0 Å². The largest absolute Gasteiger partial charge is 0.316 e. The first-order valence-electron chi connectivity index (χ1n) is 10.1. The summed E-state index contributed by atoms with van der Waals surface area (Å²) in [6.45, 7) is 2.01. The van der Waals surface area contributed by atoms with Crippen LogP contribution in [0.25, 0.3) is 17.0 Å². The Labute approximate surface area is 166 Å². The molecular weight excluding hydrogens is 346 g/mol. The van der Waals surface area contributed by atoms with Crippen LogP contribution in [0.2, 0.25) is 0 Å². The average molecular weight is 374 g/mol. The van der Waals surface area contributed by atoms with E-state index >= 15 is 0 Å². The Bertz CT molecular complexity index is 974. The SMILES string of the molecule is Cn1nc(C(=O)CCC2CCNCC2C=Cc2ccccc2)c2ccccc21. The van der Waals surface area contributed by atoms with Crippen LogP contribution in [-0.2, 0) is 7.05 Å². The van der Waals surface area contributed by atoms with Crippen molar-refractivity contribution in [1.29, 1.82) is 0 Å². The zero-order valence-corrected chi connectivity index (χ0v) is 16.3. The van der Waals surface area contributed by atoms with Crippen LogP contribution in [-0.4, -0.2) is 28.7 Å². The van der Waals surface area contributed by atoms with Crippen LogP contribution in [0.5, 0.6) is 0 Å². The van der Waals surface area contributed by atoms with E-state index < -0.39 is 0 Å². The van der Waals surface area contributed by atoms with Gasteiger partial charge in [0, 0.05) is 25.4 Å². The van der Waals surface area contributed by atoms with Gasteiger partial charge in [0.1, 0.15) is 5.69 Å². The van der Waals surface area contributed by atoms with E-state index in [4.69, 9.17) is 0 Å². The third-order valence-corrected chi connectivity index (χ3v) is 5.78. The molecule has 144 valence electrons. The van der Waals surface area contributed by atoms with Gasteiger partial charge in [-0.15, -0.1) is 0 Å².